The van der Waals surface area contributed by atoms with Crippen molar-refractivity contribution in [3.8, 4) is 0 Å². The topological polar surface area (TPSA) is 59.3 Å². The summed E-state index contributed by atoms with van der Waals surface area (Å²) in [6.07, 6.45) is 0.729. The van der Waals surface area contributed by atoms with Gasteiger partial charge >= 0.3 is 5.97 Å². The van der Waals surface area contributed by atoms with Crippen molar-refractivity contribution in [3.05, 3.63) is 56.1 Å². The van der Waals surface area contributed by atoms with Crippen molar-refractivity contribution in [2.75, 3.05) is 0 Å². The fourth-order valence-corrected chi connectivity index (χ4v) is 2.49. The minimum atomic E-state index is -1.18. The summed E-state index contributed by atoms with van der Waals surface area (Å²) in [5, 5.41) is 12.9. The molecular weight excluding hydrogens is 250 g/mol. The van der Waals surface area contributed by atoms with Gasteiger partial charge in [0, 0.05) is 12.2 Å². The maximum Gasteiger partial charge on any atom is 0.341 e. The third kappa shape index (κ3) is 2.51. The summed E-state index contributed by atoms with van der Waals surface area (Å²) >= 11 is 1.61. The van der Waals surface area contributed by atoms with Gasteiger partial charge in [-0.1, -0.05) is 0 Å². The summed E-state index contributed by atoms with van der Waals surface area (Å²) in [5.74, 6) is -1.18. The minimum absolute atomic E-state index is 0.175. The summed E-state index contributed by atoms with van der Waals surface area (Å²) in [6.45, 7) is 2.31. The number of aryl methyl sites for hydroxylation is 2. The Morgan fingerprint density at radius 2 is 2.17 bits per heavy atom. The van der Waals surface area contributed by atoms with E-state index in [2.05, 4.69) is 0 Å². The highest BCUT2D eigenvalue weighted by atomic mass is 32.1. The molecule has 5 heteroatoms. The van der Waals surface area contributed by atoms with Crippen molar-refractivity contribution >= 4 is 17.3 Å². The fraction of sp³-hybridized carbons (Fsp3) is 0.231. The van der Waals surface area contributed by atoms with Gasteiger partial charge in [-0.15, -0.1) is 0 Å². The van der Waals surface area contributed by atoms with E-state index in [1.165, 1.54) is 10.6 Å². The lowest BCUT2D eigenvalue weighted by Gasteiger charge is -2.10. The van der Waals surface area contributed by atoms with Crippen LogP contribution in [0.4, 0.5) is 0 Å². The lowest BCUT2D eigenvalue weighted by Crippen LogP contribution is -2.28. The number of thiophene rings is 1. The first kappa shape index (κ1) is 12.6. The van der Waals surface area contributed by atoms with Crippen molar-refractivity contribution < 1.29 is 9.90 Å². The molecule has 2 heterocycles. The van der Waals surface area contributed by atoms with E-state index in [4.69, 9.17) is 5.11 Å². The summed E-state index contributed by atoms with van der Waals surface area (Å²) in [7, 11) is 0. The molecule has 0 unspecified atom stereocenters. The standard InChI is InChI=1S/C13H13NO3S/c1-9-2-3-11(13(16)17)12(15)14(9)6-4-10-5-7-18-8-10/h2-3,5,7-8H,4,6H2,1H3,(H,16,17). The number of carboxylic acid groups (broad SMARTS) is 1. The molecule has 0 spiro atoms. The molecule has 2 aromatic heterocycles. The second-order valence-electron chi connectivity index (χ2n) is 4.03. The maximum absolute atomic E-state index is 12.0. The van der Waals surface area contributed by atoms with Crippen LogP contribution in [0.15, 0.2) is 33.8 Å². The van der Waals surface area contributed by atoms with E-state index in [1.807, 2.05) is 16.8 Å². The Bertz CT molecular complexity index is 614. The molecule has 0 aliphatic rings. The molecule has 0 aliphatic heterocycles. The van der Waals surface area contributed by atoms with E-state index in [1.54, 1.807) is 24.3 Å². The van der Waals surface area contributed by atoms with Crippen LogP contribution in [0.2, 0.25) is 0 Å². The highest BCUT2D eigenvalue weighted by Gasteiger charge is 2.12. The number of aromatic carboxylic acids is 1. The second-order valence-corrected chi connectivity index (χ2v) is 4.81. The van der Waals surface area contributed by atoms with Gasteiger partial charge in [-0.3, -0.25) is 4.79 Å². The van der Waals surface area contributed by atoms with E-state index in [9.17, 15) is 9.59 Å². The van der Waals surface area contributed by atoms with Crippen LogP contribution in [0, 0.1) is 6.92 Å². The first-order chi connectivity index (χ1) is 8.59. The van der Waals surface area contributed by atoms with Crippen molar-refractivity contribution in [2.24, 2.45) is 0 Å². The minimum Gasteiger partial charge on any atom is -0.477 e. The molecule has 0 atom stereocenters. The monoisotopic (exact) mass is 263 g/mol. The number of hydrogen-bond acceptors (Lipinski definition) is 3. The quantitative estimate of drug-likeness (QED) is 0.919. The van der Waals surface area contributed by atoms with Gasteiger partial charge in [-0.2, -0.15) is 11.3 Å². The Labute approximate surface area is 108 Å². The highest BCUT2D eigenvalue weighted by Crippen LogP contribution is 2.08. The van der Waals surface area contributed by atoms with Gasteiger partial charge in [0.2, 0.25) is 0 Å². The van der Waals surface area contributed by atoms with Crippen LogP contribution >= 0.6 is 11.3 Å². The molecule has 0 aromatic carbocycles. The molecular formula is C13H13NO3S. The SMILES string of the molecule is Cc1ccc(C(=O)O)c(=O)n1CCc1ccsc1. The third-order valence-electron chi connectivity index (χ3n) is 2.83. The molecule has 2 aromatic rings. The first-order valence-electron chi connectivity index (χ1n) is 5.54. The summed E-state index contributed by atoms with van der Waals surface area (Å²) in [6, 6.07) is 5.03. The molecule has 0 fully saturated rings. The average molecular weight is 263 g/mol. The normalized spacial score (nSPS) is 10.5. The van der Waals surface area contributed by atoms with Gasteiger partial charge in [-0.05, 0) is 47.9 Å². The number of aromatic nitrogens is 1. The fourth-order valence-electron chi connectivity index (χ4n) is 1.79. The lowest BCUT2D eigenvalue weighted by atomic mass is 10.2. The molecule has 2 rings (SSSR count). The molecule has 94 valence electrons. The van der Waals surface area contributed by atoms with Gasteiger partial charge in [0.05, 0.1) is 0 Å². The van der Waals surface area contributed by atoms with Gasteiger partial charge in [-0.25, -0.2) is 4.79 Å². The molecule has 0 radical (unpaired) electrons. The Kier molecular flexibility index (Phi) is 3.62. The smallest absolute Gasteiger partial charge is 0.341 e. The molecule has 0 amide bonds. The van der Waals surface area contributed by atoms with Crippen LogP contribution in [-0.4, -0.2) is 15.6 Å². The molecule has 0 bridgehead atoms. The van der Waals surface area contributed by atoms with E-state index in [0.29, 0.717) is 6.54 Å². The number of pyridine rings is 1. The van der Waals surface area contributed by atoms with Crippen molar-refractivity contribution in [3.63, 3.8) is 0 Å². The second kappa shape index (κ2) is 5.18. The van der Waals surface area contributed by atoms with Gasteiger partial charge in [0.1, 0.15) is 5.56 Å². The van der Waals surface area contributed by atoms with Crippen molar-refractivity contribution in [1.29, 1.82) is 0 Å². The lowest BCUT2D eigenvalue weighted by molar-refractivity contribution is 0.0694. The van der Waals surface area contributed by atoms with Crippen molar-refractivity contribution in [1.82, 2.24) is 4.57 Å². The summed E-state index contributed by atoms with van der Waals surface area (Å²) in [4.78, 5) is 22.9. The highest BCUT2D eigenvalue weighted by molar-refractivity contribution is 7.07. The Morgan fingerprint density at radius 1 is 1.39 bits per heavy atom. The van der Waals surface area contributed by atoms with Crippen LogP contribution in [0.25, 0.3) is 0 Å². The predicted octanol–water partition coefficient (Wildman–Crippen LogP) is 2.16. The largest absolute Gasteiger partial charge is 0.477 e. The molecule has 0 saturated heterocycles. The Balaban J connectivity index is 2.29. The first-order valence-corrected chi connectivity index (χ1v) is 6.48. The van der Waals surface area contributed by atoms with Crippen LogP contribution in [0.3, 0.4) is 0 Å². The van der Waals surface area contributed by atoms with Crippen LogP contribution in [-0.2, 0) is 13.0 Å². The zero-order valence-corrected chi connectivity index (χ0v) is 10.7. The molecule has 0 aliphatic carbocycles. The number of carboxylic acids is 1. The zero-order valence-electron chi connectivity index (χ0n) is 9.92. The predicted molar refractivity (Wildman–Crippen MR) is 70.4 cm³/mol. The van der Waals surface area contributed by atoms with Gasteiger partial charge < -0.3 is 9.67 Å². The molecule has 18 heavy (non-hydrogen) atoms. The summed E-state index contributed by atoms with van der Waals surface area (Å²) in [5.41, 5.74) is 1.33. The molecule has 4 nitrogen and oxygen atoms in total. The zero-order chi connectivity index (χ0) is 13.1. The van der Waals surface area contributed by atoms with E-state index in [-0.39, 0.29) is 5.56 Å². The Morgan fingerprint density at radius 3 is 2.78 bits per heavy atom. The third-order valence-corrected chi connectivity index (χ3v) is 3.56. The van der Waals surface area contributed by atoms with Crippen LogP contribution < -0.4 is 5.56 Å². The van der Waals surface area contributed by atoms with Crippen molar-refractivity contribution in [2.45, 2.75) is 19.9 Å². The van der Waals surface area contributed by atoms with E-state index >= 15 is 0 Å². The maximum atomic E-state index is 12.0. The van der Waals surface area contributed by atoms with Crippen LogP contribution in [0.1, 0.15) is 21.6 Å². The van der Waals surface area contributed by atoms with E-state index in [0.717, 1.165) is 17.7 Å². The number of carbonyl (C=O) groups is 1. The number of rotatable bonds is 4. The number of nitrogens with zero attached hydrogens (tertiary/aromatic N) is 1. The van der Waals surface area contributed by atoms with Gasteiger partial charge in [0.25, 0.3) is 5.56 Å². The number of hydrogen-bond donors (Lipinski definition) is 1. The van der Waals surface area contributed by atoms with E-state index < -0.39 is 11.5 Å². The average Bonchev–Trinajstić information content (AvgIpc) is 2.81. The molecule has 0 saturated carbocycles. The summed E-state index contributed by atoms with van der Waals surface area (Å²) < 4.78 is 1.52. The van der Waals surface area contributed by atoms with Gasteiger partial charge in [0.15, 0.2) is 0 Å². The van der Waals surface area contributed by atoms with Crippen LogP contribution in [0.5, 0.6) is 0 Å². The Hall–Kier alpha value is -1.88. The molecule has 1 N–H and O–H groups in total.